The zero-order chi connectivity index (χ0) is 20.2. The standard InChI is InChI=1S/C20H22N8O/c1-14(12-28-13-18(25-26-28)16-9-21-22-10-16)24-20(29)17-11-23-27(2)19(17)8-15-6-4-3-5-7-15/h3-7,9-11,13-14H,8,12H2,1-2H3,(H,21,22)(H,24,29)/t14-/m0/s1. The number of carbonyl (C=O) groups excluding carboxylic acids is 1. The van der Waals surface area contributed by atoms with Crippen molar-refractivity contribution in [1.29, 1.82) is 0 Å². The molecule has 3 heterocycles. The molecule has 0 aliphatic heterocycles. The Morgan fingerprint density at radius 1 is 1.24 bits per heavy atom. The van der Waals surface area contributed by atoms with E-state index in [-0.39, 0.29) is 11.9 Å². The van der Waals surface area contributed by atoms with Crippen LogP contribution in [0.1, 0.15) is 28.5 Å². The Balaban J connectivity index is 1.42. The van der Waals surface area contributed by atoms with Crippen LogP contribution in [0.4, 0.5) is 0 Å². The Bertz CT molecular complexity index is 1080. The van der Waals surface area contributed by atoms with Gasteiger partial charge in [0.15, 0.2) is 0 Å². The predicted octanol–water partition coefficient (Wildman–Crippen LogP) is 1.81. The van der Waals surface area contributed by atoms with Crippen molar-refractivity contribution in [2.75, 3.05) is 0 Å². The van der Waals surface area contributed by atoms with Gasteiger partial charge < -0.3 is 5.32 Å². The first kappa shape index (κ1) is 18.6. The molecule has 9 heteroatoms. The highest BCUT2D eigenvalue weighted by molar-refractivity contribution is 5.95. The number of aromatic amines is 1. The maximum atomic E-state index is 12.8. The Kier molecular flexibility index (Phi) is 5.19. The van der Waals surface area contributed by atoms with Crippen molar-refractivity contribution in [2.24, 2.45) is 7.05 Å². The zero-order valence-corrected chi connectivity index (χ0v) is 16.3. The summed E-state index contributed by atoms with van der Waals surface area (Å²) in [6.07, 6.45) is 7.54. The van der Waals surface area contributed by atoms with Gasteiger partial charge in [-0.05, 0) is 12.5 Å². The summed E-state index contributed by atoms with van der Waals surface area (Å²) in [7, 11) is 1.85. The molecule has 4 aromatic rings. The molecule has 0 unspecified atom stereocenters. The molecule has 0 fully saturated rings. The van der Waals surface area contributed by atoms with Crippen LogP contribution in [0, 0.1) is 0 Å². The normalized spacial score (nSPS) is 12.1. The minimum Gasteiger partial charge on any atom is -0.348 e. The summed E-state index contributed by atoms with van der Waals surface area (Å²) in [4.78, 5) is 12.8. The van der Waals surface area contributed by atoms with Crippen LogP contribution < -0.4 is 5.32 Å². The van der Waals surface area contributed by atoms with Crippen LogP contribution >= 0.6 is 0 Å². The van der Waals surface area contributed by atoms with Crippen molar-refractivity contribution in [3.8, 4) is 11.3 Å². The van der Waals surface area contributed by atoms with Crippen LogP contribution in [0.2, 0.25) is 0 Å². The van der Waals surface area contributed by atoms with Gasteiger partial charge in [0.05, 0.1) is 36.4 Å². The minimum absolute atomic E-state index is 0.133. The van der Waals surface area contributed by atoms with E-state index in [0.717, 1.165) is 22.5 Å². The SMILES string of the molecule is C[C@@H](Cn1cc(-c2cn[nH]c2)nn1)NC(=O)c1cnn(C)c1Cc1ccccc1. The molecule has 0 bridgehead atoms. The Morgan fingerprint density at radius 2 is 2.07 bits per heavy atom. The fourth-order valence-corrected chi connectivity index (χ4v) is 3.19. The van der Waals surface area contributed by atoms with Crippen molar-refractivity contribution in [1.82, 2.24) is 40.3 Å². The first-order valence-electron chi connectivity index (χ1n) is 9.35. The van der Waals surface area contributed by atoms with Gasteiger partial charge in [0.1, 0.15) is 5.69 Å². The minimum atomic E-state index is -0.147. The highest BCUT2D eigenvalue weighted by Crippen LogP contribution is 2.15. The summed E-state index contributed by atoms with van der Waals surface area (Å²) in [6.45, 7) is 2.44. The molecule has 29 heavy (non-hydrogen) atoms. The molecule has 4 rings (SSSR count). The number of benzene rings is 1. The molecule has 1 atom stereocenters. The van der Waals surface area contributed by atoms with Crippen molar-refractivity contribution < 1.29 is 4.79 Å². The lowest BCUT2D eigenvalue weighted by Crippen LogP contribution is -2.36. The smallest absolute Gasteiger partial charge is 0.255 e. The van der Waals surface area contributed by atoms with Gasteiger partial charge in [-0.1, -0.05) is 35.5 Å². The number of rotatable bonds is 7. The molecule has 2 N–H and O–H groups in total. The molecule has 3 aromatic heterocycles. The third-order valence-electron chi connectivity index (χ3n) is 4.69. The lowest BCUT2D eigenvalue weighted by atomic mass is 10.1. The lowest BCUT2D eigenvalue weighted by Gasteiger charge is -2.14. The molecule has 0 radical (unpaired) electrons. The van der Waals surface area contributed by atoms with Crippen molar-refractivity contribution >= 4 is 5.91 Å². The molecular formula is C20H22N8O. The largest absolute Gasteiger partial charge is 0.348 e. The second-order valence-corrected chi connectivity index (χ2v) is 6.98. The number of hydrogen-bond donors (Lipinski definition) is 2. The summed E-state index contributed by atoms with van der Waals surface area (Å²) in [5.74, 6) is -0.147. The molecule has 1 aromatic carbocycles. The Labute approximate surface area is 167 Å². The van der Waals surface area contributed by atoms with E-state index >= 15 is 0 Å². The van der Waals surface area contributed by atoms with Crippen LogP contribution in [-0.4, -0.2) is 46.9 Å². The van der Waals surface area contributed by atoms with Gasteiger partial charge in [0, 0.05) is 31.3 Å². The maximum absolute atomic E-state index is 12.8. The van der Waals surface area contributed by atoms with Gasteiger partial charge in [-0.2, -0.15) is 10.2 Å². The van der Waals surface area contributed by atoms with Crippen molar-refractivity contribution in [2.45, 2.75) is 25.9 Å². The third kappa shape index (κ3) is 4.23. The fraction of sp³-hybridized carbons (Fsp3) is 0.250. The number of carbonyl (C=O) groups is 1. The molecule has 1 amide bonds. The zero-order valence-electron chi connectivity index (χ0n) is 16.3. The van der Waals surface area contributed by atoms with Crippen molar-refractivity contribution in [3.63, 3.8) is 0 Å². The van der Waals surface area contributed by atoms with Crippen LogP contribution in [0.5, 0.6) is 0 Å². The number of H-pyrrole nitrogens is 1. The molecule has 148 valence electrons. The van der Waals surface area contributed by atoms with Gasteiger partial charge in [-0.15, -0.1) is 5.10 Å². The van der Waals surface area contributed by atoms with Crippen LogP contribution in [0.15, 0.2) is 55.1 Å². The number of nitrogens with one attached hydrogen (secondary N) is 2. The lowest BCUT2D eigenvalue weighted by molar-refractivity contribution is 0.0935. The van der Waals surface area contributed by atoms with E-state index in [2.05, 4.69) is 30.9 Å². The third-order valence-corrected chi connectivity index (χ3v) is 4.69. The quantitative estimate of drug-likeness (QED) is 0.501. The average Bonchev–Trinajstić information content (AvgIpc) is 3.45. The van der Waals surface area contributed by atoms with Crippen LogP contribution in [0.25, 0.3) is 11.3 Å². The molecule has 0 aliphatic carbocycles. The van der Waals surface area contributed by atoms with E-state index in [9.17, 15) is 4.79 Å². The number of amides is 1. The number of nitrogens with zero attached hydrogens (tertiary/aromatic N) is 6. The van der Waals surface area contributed by atoms with E-state index < -0.39 is 0 Å². The Hall–Kier alpha value is -3.75. The number of hydrogen-bond acceptors (Lipinski definition) is 5. The molecule has 9 nitrogen and oxygen atoms in total. The fourth-order valence-electron chi connectivity index (χ4n) is 3.19. The van der Waals surface area contributed by atoms with E-state index in [1.807, 2.05) is 50.5 Å². The molecule has 0 aliphatic rings. The number of aryl methyl sites for hydroxylation is 1. The first-order valence-corrected chi connectivity index (χ1v) is 9.35. The second kappa shape index (κ2) is 8.09. The van der Waals surface area contributed by atoms with Crippen molar-refractivity contribution in [3.05, 3.63) is 71.9 Å². The van der Waals surface area contributed by atoms with Crippen LogP contribution in [-0.2, 0) is 20.0 Å². The summed E-state index contributed by atoms with van der Waals surface area (Å²) in [5.41, 5.74) is 4.20. The molecular weight excluding hydrogens is 368 g/mol. The van der Waals surface area contributed by atoms with Gasteiger partial charge in [0.2, 0.25) is 0 Å². The first-order chi connectivity index (χ1) is 14.1. The molecule has 0 spiro atoms. The molecule has 0 saturated carbocycles. The summed E-state index contributed by atoms with van der Waals surface area (Å²) < 4.78 is 3.46. The topological polar surface area (TPSA) is 106 Å². The predicted molar refractivity (Wildman–Crippen MR) is 107 cm³/mol. The van der Waals surface area contributed by atoms with E-state index in [1.54, 1.807) is 28.0 Å². The Morgan fingerprint density at radius 3 is 2.83 bits per heavy atom. The molecule has 0 saturated heterocycles. The highest BCUT2D eigenvalue weighted by Gasteiger charge is 2.18. The van der Waals surface area contributed by atoms with Gasteiger partial charge in [-0.3, -0.25) is 14.6 Å². The van der Waals surface area contributed by atoms with E-state index in [1.165, 1.54) is 0 Å². The maximum Gasteiger partial charge on any atom is 0.255 e. The van der Waals surface area contributed by atoms with Gasteiger partial charge >= 0.3 is 0 Å². The second-order valence-electron chi connectivity index (χ2n) is 6.98. The number of aromatic nitrogens is 7. The van der Waals surface area contributed by atoms with E-state index in [4.69, 9.17) is 0 Å². The van der Waals surface area contributed by atoms with Gasteiger partial charge in [0.25, 0.3) is 5.91 Å². The summed E-state index contributed by atoms with van der Waals surface area (Å²) in [5, 5.41) is 22.2. The average molecular weight is 390 g/mol. The van der Waals surface area contributed by atoms with E-state index in [0.29, 0.717) is 18.5 Å². The van der Waals surface area contributed by atoms with Crippen LogP contribution in [0.3, 0.4) is 0 Å². The highest BCUT2D eigenvalue weighted by atomic mass is 16.1. The monoisotopic (exact) mass is 390 g/mol. The summed E-state index contributed by atoms with van der Waals surface area (Å²) >= 11 is 0. The van der Waals surface area contributed by atoms with Gasteiger partial charge in [-0.25, -0.2) is 4.68 Å². The summed E-state index contributed by atoms with van der Waals surface area (Å²) in [6, 6.07) is 9.90.